The van der Waals surface area contributed by atoms with Crippen molar-refractivity contribution in [2.75, 3.05) is 5.32 Å². The van der Waals surface area contributed by atoms with Gasteiger partial charge in [-0.3, -0.25) is 4.79 Å². The molecule has 0 radical (unpaired) electrons. The van der Waals surface area contributed by atoms with E-state index in [4.69, 9.17) is 28.2 Å². The van der Waals surface area contributed by atoms with Crippen LogP contribution in [0.15, 0.2) is 57.9 Å². The minimum Gasteiger partial charge on any atom is -0.363 e. The van der Waals surface area contributed by atoms with Crippen LogP contribution in [0.2, 0.25) is 10.0 Å². The van der Waals surface area contributed by atoms with Gasteiger partial charge < -0.3 is 10.3 Å². The summed E-state index contributed by atoms with van der Waals surface area (Å²) < 4.78 is 0.887. The molecule has 4 rings (SSSR count). The Labute approximate surface area is 173 Å². The monoisotopic (exact) mass is 461 g/mol. The Morgan fingerprint density at radius 2 is 1.85 bits per heavy atom. The second-order valence-corrected chi connectivity index (χ2v) is 7.95. The summed E-state index contributed by atoms with van der Waals surface area (Å²) in [5, 5.41) is 6.64. The summed E-state index contributed by atoms with van der Waals surface area (Å²) in [7, 11) is 0. The molecule has 1 atom stereocenters. The van der Waals surface area contributed by atoms with Crippen molar-refractivity contribution >= 4 is 66.6 Å². The highest BCUT2D eigenvalue weighted by Crippen LogP contribution is 2.34. The van der Waals surface area contributed by atoms with Crippen molar-refractivity contribution in [1.29, 1.82) is 0 Å². The van der Waals surface area contributed by atoms with E-state index < -0.39 is 0 Å². The standard InChI is InChI=1S/C20H14BrCl2N3O/c1-10(17-14(22)3-2-4-15(17)23)25-19-12-7-8-24-20(27)18(12)13-9-11(21)5-6-16(13)26-19/h2-10H,1H3,(H,24,27)(H,25,26)/t10-/m1/s1. The molecule has 0 fully saturated rings. The van der Waals surface area contributed by atoms with Crippen molar-refractivity contribution < 1.29 is 0 Å². The van der Waals surface area contributed by atoms with Crippen LogP contribution in [0.4, 0.5) is 5.82 Å². The van der Waals surface area contributed by atoms with Crippen LogP contribution < -0.4 is 10.9 Å². The van der Waals surface area contributed by atoms with Crippen LogP contribution in [0.1, 0.15) is 18.5 Å². The summed E-state index contributed by atoms with van der Waals surface area (Å²) in [6.45, 7) is 1.96. The van der Waals surface area contributed by atoms with Crippen LogP contribution in [-0.4, -0.2) is 9.97 Å². The number of aromatic nitrogens is 2. The lowest BCUT2D eigenvalue weighted by atomic mass is 10.1. The Kier molecular flexibility index (Phi) is 4.84. The number of nitrogens with zero attached hydrogens (tertiary/aromatic N) is 1. The average Bonchev–Trinajstić information content (AvgIpc) is 2.62. The van der Waals surface area contributed by atoms with Gasteiger partial charge in [0.25, 0.3) is 5.56 Å². The smallest absolute Gasteiger partial charge is 0.256 e. The third-order valence-corrected chi connectivity index (χ3v) is 5.61. The van der Waals surface area contributed by atoms with Crippen LogP contribution >= 0.6 is 39.1 Å². The summed E-state index contributed by atoms with van der Waals surface area (Å²) in [4.78, 5) is 20.0. The second kappa shape index (κ2) is 7.15. The molecule has 2 N–H and O–H groups in total. The number of halogens is 3. The summed E-state index contributed by atoms with van der Waals surface area (Å²) >= 11 is 16.1. The van der Waals surface area contributed by atoms with Crippen molar-refractivity contribution in [3.8, 4) is 0 Å². The first-order valence-corrected chi connectivity index (χ1v) is 9.81. The maximum atomic E-state index is 12.6. The van der Waals surface area contributed by atoms with Crippen molar-refractivity contribution in [2.24, 2.45) is 0 Å². The lowest BCUT2D eigenvalue weighted by Gasteiger charge is -2.19. The molecule has 0 saturated heterocycles. The molecule has 136 valence electrons. The largest absolute Gasteiger partial charge is 0.363 e. The molecule has 0 spiro atoms. The molecule has 0 aliphatic heterocycles. The fourth-order valence-corrected chi connectivity index (χ4v) is 4.33. The summed E-state index contributed by atoms with van der Waals surface area (Å²) in [5.74, 6) is 0.606. The SMILES string of the molecule is C[C@@H](Nc1nc2ccc(Br)cc2c2c(=O)[nH]ccc12)c1c(Cl)cccc1Cl. The average molecular weight is 463 g/mol. The molecule has 27 heavy (non-hydrogen) atoms. The van der Waals surface area contributed by atoms with Gasteiger partial charge >= 0.3 is 0 Å². The van der Waals surface area contributed by atoms with Crippen LogP contribution in [0.25, 0.3) is 21.7 Å². The number of hydrogen-bond donors (Lipinski definition) is 2. The number of benzene rings is 2. The second-order valence-electron chi connectivity index (χ2n) is 6.22. The number of fused-ring (bicyclic) bond motifs is 3. The van der Waals surface area contributed by atoms with Gasteiger partial charge in [0, 0.05) is 37.1 Å². The van der Waals surface area contributed by atoms with Crippen LogP contribution in [0.5, 0.6) is 0 Å². The zero-order chi connectivity index (χ0) is 19.1. The predicted molar refractivity (Wildman–Crippen MR) is 116 cm³/mol. The quantitative estimate of drug-likeness (QED) is 0.350. The number of hydrogen-bond acceptors (Lipinski definition) is 3. The molecule has 2 aromatic carbocycles. The van der Waals surface area contributed by atoms with Gasteiger partial charge in [0.2, 0.25) is 0 Å². The van der Waals surface area contributed by atoms with Gasteiger partial charge in [-0.25, -0.2) is 4.98 Å². The Morgan fingerprint density at radius 1 is 1.11 bits per heavy atom. The molecule has 2 heterocycles. The van der Waals surface area contributed by atoms with E-state index in [2.05, 4.69) is 26.2 Å². The highest BCUT2D eigenvalue weighted by Gasteiger charge is 2.17. The van der Waals surface area contributed by atoms with Gasteiger partial charge in [-0.1, -0.05) is 45.2 Å². The Hall–Kier alpha value is -2.08. The van der Waals surface area contributed by atoms with Gasteiger partial charge in [-0.2, -0.15) is 0 Å². The minimum absolute atomic E-state index is 0.163. The fraction of sp³-hybridized carbons (Fsp3) is 0.100. The number of aromatic amines is 1. The van der Waals surface area contributed by atoms with Crippen molar-refractivity contribution in [2.45, 2.75) is 13.0 Å². The topological polar surface area (TPSA) is 57.8 Å². The van der Waals surface area contributed by atoms with Crippen LogP contribution in [-0.2, 0) is 0 Å². The van der Waals surface area contributed by atoms with E-state index in [-0.39, 0.29) is 11.6 Å². The first-order valence-electron chi connectivity index (χ1n) is 8.27. The van der Waals surface area contributed by atoms with Crippen LogP contribution in [0.3, 0.4) is 0 Å². The maximum absolute atomic E-state index is 12.6. The molecular weight excluding hydrogens is 449 g/mol. The van der Waals surface area contributed by atoms with E-state index in [1.807, 2.05) is 37.3 Å². The zero-order valence-electron chi connectivity index (χ0n) is 14.2. The third-order valence-electron chi connectivity index (χ3n) is 4.46. The summed E-state index contributed by atoms with van der Waals surface area (Å²) in [5.41, 5.74) is 1.35. The number of H-pyrrole nitrogens is 1. The van der Waals surface area contributed by atoms with E-state index in [9.17, 15) is 4.79 Å². The number of pyridine rings is 2. The lowest BCUT2D eigenvalue weighted by Crippen LogP contribution is -2.12. The zero-order valence-corrected chi connectivity index (χ0v) is 17.3. The van der Waals surface area contributed by atoms with E-state index in [0.717, 1.165) is 26.3 Å². The summed E-state index contributed by atoms with van der Waals surface area (Å²) in [6, 6.07) is 12.7. The molecular formula is C20H14BrCl2N3O. The predicted octanol–water partition coefficient (Wildman–Crippen LogP) is 6.32. The molecule has 2 aromatic heterocycles. The van der Waals surface area contributed by atoms with Gasteiger partial charge in [0.05, 0.1) is 16.9 Å². The van der Waals surface area contributed by atoms with Gasteiger partial charge in [0.15, 0.2) is 0 Å². The third kappa shape index (κ3) is 3.31. The highest BCUT2D eigenvalue weighted by atomic mass is 79.9. The molecule has 4 aromatic rings. The number of rotatable bonds is 3. The number of anilines is 1. The van der Waals surface area contributed by atoms with Crippen molar-refractivity contribution in [3.63, 3.8) is 0 Å². The van der Waals surface area contributed by atoms with E-state index in [1.165, 1.54) is 0 Å². The normalized spacial score (nSPS) is 12.4. The van der Waals surface area contributed by atoms with E-state index in [0.29, 0.717) is 21.2 Å². The molecule has 0 unspecified atom stereocenters. The Morgan fingerprint density at radius 3 is 2.59 bits per heavy atom. The Bertz CT molecular complexity index is 1220. The fourth-order valence-electron chi connectivity index (χ4n) is 3.24. The lowest BCUT2D eigenvalue weighted by molar-refractivity contribution is 0.879. The van der Waals surface area contributed by atoms with Crippen LogP contribution in [0, 0.1) is 0 Å². The van der Waals surface area contributed by atoms with Crippen molar-refractivity contribution in [3.05, 3.63) is 79.1 Å². The molecule has 0 aliphatic rings. The summed E-state index contributed by atoms with van der Waals surface area (Å²) in [6.07, 6.45) is 1.62. The molecule has 7 heteroatoms. The highest BCUT2D eigenvalue weighted by molar-refractivity contribution is 9.10. The van der Waals surface area contributed by atoms with Crippen molar-refractivity contribution in [1.82, 2.24) is 9.97 Å². The molecule has 0 aliphatic carbocycles. The van der Waals surface area contributed by atoms with Gasteiger partial charge in [0.1, 0.15) is 5.82 Å². The first-order chi connectivity index (χ1) is 13.0. The molecule has 0 bridgehead atoms. The van der Waals surface area contributed by atoms with Gasteiger partial charge in [-0.15, -0.1) is 0 Å². The molecule has 4 nitrogen and oxygen atoms in total. The minimum atomic E-state index is -0.200. The first kappa shape index (κ1) is 18.3. The van der Waals surface area contributed by atoms with Gasteiger partial charge in [-0.05, 0) is 43.3 Å². The Balaban J connectivity index is 1.92. The molecule has 0 saturated carbocycles. The maximum Gasteiger partial charge on any atom is 0.256 e. The number of nitrogens with one attached hydrogen (secondary N) is 2. The van der Waals surface area contributed by atoms with E-state index >= 15 is 0 Å². The molecule has 0 amide bonds. The van der Waals surface area contributed by atoms with E-state index in [1.54, 1.807) is 18.3 Å².